The highest BCUT2D eigenvalue weighted by molar-refractivity contribution is 5.46. The minimum atomic E-state index is -0.176. The summed E-state index contributed by atoms with van der Waals surface area (Å²) in [4.78, 5) is 7.27. The van der Waals surface area contributed by atoms with Crippen LogP contribution in [0, 0.1) is 12.7 Å². The van der Waals surface area contributed by atoms with Gasteiger partial charge in [0.25, 0.3) is 0 Å². The van der Waals surface area contributed by atoms with Crippen LogP contribution in [0.2, 0.25) is 0 Å². The van der Waals surface area contributed by atoms with E-state index in [0.29, 0.717) is 6.04 Å². The van der Waals surface area contributed by atoms with Gasteiger partial charge in [-0.25, -0.2) is 9.02 Å². The van der Waals surface area contributed by atoms with Crippen molar-refractivity contribution in [2.45, 2.75) is 19.5 Å². The number of anilines is 1. The van der Waals surface area contributed by atoms with Crippen LogP contribution >= 0.6 is 0 Å². The molecule has 2 fully saturated rings. The quantitative estimate of drug-likeness (QED) is 0.847. The van der Waals surface area contributed by atoms with Crippen LogP contribution in [0.3, 0.4) is 0 Å². The molecule has 1 aromatic carbocycles. The average molecular weight is 331 g/mol. The van der Waals surface area contributed by atoms with E-state index < -0.39 is 0 Å². The first-order chi connectivity index (χ1) is 11.7. The maximum absolute atomic E-state index is 13.0. The van der Waals surface area contributed by atoms with Crippen LogP contribution in [0.1, 0.15) is 11.4 Å². The summed E-state index contributed by atoms with van der Waals surface area (Å²) in [6, 6.07) is 7.42. The molecule has 0 atom stereocenters. The monoisotopic (exact) mass is 331 g/mol. The van der Waals surface area contributed by atoms with Gasteiger partial charge in [0.05, 0.1) is 0 Å². The molecule has 2 aliphatic rings. The van der Waals surface area contributed by atoms with Crippen LogP contribution in [0.15, 0.2) is 28.9 Å². The molecule has 0 N–H and O–H groups in total. The fraction of sp³-hybridized carbons (Fsp3) is 0.529. The molecule has 2 saturated heterocycles. The van der Waals surface area contributed by atoms with Crippen LogP contribution in [-0.4, -0.2) is 65.4 Å². The normalized spacial score (nSPS) is 20.3. The Morgan fingerprint density at radius 3 is 2.42 bits per heavy atom. The van der Waals surface area contributed by atoms with E-state index in [1.807, 2.05) is 19.1 Å². The topological polar surface area (TPSA) is 48.6 Å². The summed E-state index contributed by atoms with van der Waals surface area (Å²) in [5, 5.41) is 7.78. The standard InChI is InChI=1S/C17H22FN5O/c1-13-17(20-24-19-13)12-21-10-16(11-21)23-8-6-22(7-9-23)15-4-2-14(18)3-5-15/h2-5,16H,6-12H2,1H3. The lowest BCUT2D eigenvalue weighted by Crippen LogP contribution is -2.62. The highest BCUT2D eigenvalue weighted by Gasteiger charge is 2.34. The van der Waals surface area contributed by atoms with Gasteiger partial charge in [0.2, 0.25) is 0 Å². The number of rotatable bonds is 4. The van der Waals surface area contributed by atoms with Crippen molar-refractivity contribution in [1.82, 2.24) is 20.1 Å². The van der Waals surface area contributed by atoms with Crippen LogP contribution in [-0.2, 0) is 6.54 Å². The van der Waals surface area contributed by atoms with E-state index in [9.17, 15) is 4.39 Å². The predicted molar refractivity (Wildman–Crippen MR) is 88.3 cm³/mol. The Labute approximate surface area is 140 Å². The minimum absolute atomic E-state index is 0.176. The molecule has 6 nitrogen and oxygen atoms in total. The summed E-state index contributed by atoms with van der Waals surface area (Å²) in [6.07, 6.45) is 0. The van der Waals surface area contributed by atoms with Gasteiger partial charge in [-0.2, -0.15) is 0 Å². The number of likely N-dealkylation sites (tertiary alicyclic amines) is 1. The van der Waals surface area contributed by atoms with E-state index in [0.717, 1.165) is 62.9 Å². The second-order valence-corrected chi connectivity index (χ2v) is 6.64. The Kier molecular flexibility index (Phi) is 4.20. The molecule has 0 unspecified atom stereocenters. The van der Waals surface area contributed by atoms with Gasteiger partial charge >= 0.3 is 0 Å². The molecule has 7 heteroatoms. The molecular weight excluding hydrogens is 309 g/mol. The zero-order chi connectivity index (χ0) is 16.5. The molecule has 0 spiro atoms. The molecule has 2 aromatic rings. The fourth-order valence-electron chi connectivity index (χ4n) is 3.50. The third-order valence-electron chi connectivity index (χ3n) is 5.08. The lowest BCUT2D eigenvalue weighted by atomic mass is 10.1. The van der Waals surface area contributed by atoms with Crippen molar-refractivity contribution in [3.05, 3.63) is 41.5 Å². The predicted octanol–water partition coefficient (Wildman–Crippen LogP) is 1.52. The lowest BCUT2D eigenvalue weighted by molar-refractivity contribution is 0.0242. The van der Waals surface area contributed by atoms with Crippen LogP contribution in [0.5, 0.6) is 0 Å². The summed E-state index contributed by atoms with van der Waals surface area (Å²) >= 11 is 0. The number of aryl methyl sites for hydroxylation is 1. The molecule has 2 aliphatic heterocycles. The molecule has 3 heterocycles. The Bertz CT molecular complexity index is 675. The second kappa shape index (κ2) is 6.49. The molecule has 128 valence electrons. The third-order valence-corrected chi connectivity index (χ3v) is 5.08. The first kappa shape index (κ1) is 15.5. The molecular formula is C17H22FN5O. The van der Waals surface area contributed by atoms with Crippen LogP contribution in [0.25, 0.3) is 0 Å². The van der Waals surface area contributed by atoms with E-state index in [-0.39, 0.29) is 5.82 Å². The highest BCUT2D eigenvalue weighted by Crippen LogP contribution is 2.22. The Morgan fingerprint density at radius 2 is 1.79 bits per heavy atom. The second-order valence-electron chi connectivity index (χ2n) is 6.64. The SMILES string of the molecule is Cc1nonc1CN1CC(N2CCN(c3ccc(F)cc3)CC2)C1. The Balaban J connectivity index is 1.24. The van der Waals surface area contributed by atoms with E-state index in [2.05, 4.69) is 25.0 Å². The number of halogens is 1. The fourth-order valence-corrected chi connectivity index (χ4v) is 3.50. The smallest absolute Gasteiger partial charge is 0.123 e. The van der Waals surface area contributed by atoms with Gasteiger partial charge in [-0.1, -0.05) is 10.3 Å². The molecule has 0 aliphatic carbocycles. The van der Waals surface area contributed by atoms with Crippen molar-refractivity contribution in [2.24, 2.45) is 0 Å². The number of hydrogen-bond acceptors (Lipinski definition) is 6. The van der Waals surface area contributed by atoms with Crippen molar-refractivity contribution >= 4 is 5.69 Å². The van der Waals surface area contributed by atoms with Gasteiger partial charge in [-0.15, -0.1) is 0 Å². The number of piperazine rings is 1. The molecule has 0 bridgehead atoms. The number of hydrogen-bond donors (Lipinski definition) is 0. The largest absolute Gasteiger partial charge is 0.369 e. The molecule has 1 aromatic heterocycles. The van der Waals surface area contributed by atoms with Gasteiger partial charge in [0.1, 0.15) is 17.2 Å². The average Bonchev–Trinajstić information content (AvgIpc) is 2.97. The van der Waals surface area contributed by atoms with Crippen molar-refractivity contribution in [3.8, 4) is 0 Å². The van der Waals surface area contributed by atoms with Gasteiger partial charge in [-0.05, 0) is 31.2 Å². The molecule has 0 amide bonds. The first-order valence-corrected chi connectivity index (χ1v) is 8.44. The van der Waals surface area contributed by atoms with E-state index in [1.165, 1.54) is 12.1 Å². The Morgan fingerprint density at radius 1 is 1.08 bits per heavy atom. The molecule has 0 radical (unpaired) electrons. The van der Waals surface area contributed by atoms with Crippen LogP contribution in [0.4, 0.5) is 10.1 Å². The van der Waals surface area contributed by atoms with E-state index in [1.54, 1.807) is 0 Å². The summed E-state index contributed by atoms with van der Waals surface area (Å²) in [7, 11) is 0. The van der Waals surface area contributed by atoms with Crippen LogP contribution < -0.4 is 4.90 Å². The minimum Gasteiger partial charge on any atom is -0.369 e. The van der Waals surface area contributed by atoms with Crippen molar-refractivity contribution < 1.29 is 9.02 Å². The van der Waals surface area contributed by atoms with Gasteiger partial charge < -0.3 is 4.90 Å². The molecule has 4 rings (SSSR count). The number of benzene rings is 1. The highest BCUT2D eigenvalue weighted by atomic mass is 19.1. The van der Waals surface area contributed by atoms with Gasteiger partial charge in [0, 0.05) is 57.5 Å². The lowest BCUT2D eigenvalue weighted by Gasteiger charge is -2.48. The summed E-state index contributed by atoms with van der Waals surface area (Å²) in [5.74, 6) is -0.176. The van der Waals surface area contributed by atoms with Crippen molar-refractivity contribution in [3.63, 3.8) is 0 Å². The maximum Gasteiger partial charge on any atom is 0.123 e. The summed E-state index contributed by atoms with van der Waals surface area (Å²) < 4.78 is 17.8. The summed E-state index contributed by atoms with van der Waals surface area (Å²) in [6.45, 7) is 8.99. The van der Waals surface area contributed by atoms with Crippen molar-refractivity contribution in [2.75, 3.05) is 44.2 Å². The van der Waals surface area contributed by atoms with E-state index in [4.69, 9.17) is 4.63 Å². The third kappa shape index (κ3) is 3.14. The van der Waals surface area contributed by atoms with Crippen molar-refractivity contribution in [1.29, 1.82) is 0 Å². The van der Waals surface area contributed by atoms with E-state index >= 15 is 0 Å². The first-order valence-electron chi connectivity index (χ1n) is 8.44. The Hall–Kier alpha value is -1.99. The molecule has 0 saturated carbocycles. The van der Waals surface area contributed by atoms with Gasteiger partial charge in [-0.3, -0.25) is 9.80 Å². The zero-order valence-electron chi connectivity index (χ0n) is 13.9. The zero-order valence-corrected chi connectivity index (χ0v) is 13.9. The summed E-state index contributed by atoms with van der Waals surface area (Å²) in [5.41, 5.74) is 2.93. The van der Waals surface area contributed by atoms with Gasteiger partial charge in [0.15, 0.2) is 0 Å². The number of aromatic nitrogens is 2. The molecule has 24 heavy (non-hydrogen) atoms. The number of nitrogens with zero attached hydrogens (tertiary/aromatic N) is 5. The maximum atomic E-state index is 13.0.